The van der Waals surface area contributed by atoms with Crippen LogP contribution in [0.2, 0.25) is 0 Å². The van der Waals surface area contributed by atoms with Crippen molar-refractivity contribution in [1.29, 1.82) is 0 Å². The number of likely N-dealkylation sites (tertiary alicyclic amines) is 1. The lowest BCUT2D eigenvalue weighted by molar-refractivity contribution is 0.0669. The van der Waals surface area contributed by atoms with Gasteiger partial charge >= 0.3 is 0 Å². The van der Waals surface area contributed by atoms with Crippen LogP contribution in [0, 0.1) is 5.92 Å². The molecule has 2 rings (SSSR count). The molecule has 1 saturated heterocycles. The standard InChI is InChI=1S/C12H18N2O2S/c1-8-6-14(4-3-10(8)13)12(15)11-5-9(16-2)7-17-11/h5,7-8,10H,3-4,6,13H2,1-2H3. The molecule has 1 aliphatic heterocycles. The van der Waals surface area contributed by atoms with Crippen molar-refractivity contribution in [2.75, 3.05) is 20.2 Å². The maximum Gasteiger partial charge on any atom is 0.264 e. The minimum Gasteiger partial charge on any atom is -0.496 e. The minimum atomic E-state index is 0.0945. The Morgan fingerprint density at radius 1 is 1.65 bits per heavy atom. The molecule has 4 nitrogen and oxygen atoms in total. The lowest BCUT2D eigenvalue weighted by Crippen LogP contribution is -2.48. The van der Waals surface area contributed by atoms with Crippen LogP contribution in [0.15, 0.2) is 11.4 Å². The molecule has 1 fully saturated rings. The number of piperidine rings is 1. The molecular formula is C12H18N2O2S. The van der Waals surface area contributed by atoms with Crippen molar-refractivity contribution in [2.45, 2.75) is 19.4 Å². The Morgan fingerprint density at radius 3 is 3.00 bits per heavy atom. The first-order chi connectivity index (χ1) is 8.11. The lowest BCUT2D eigenvalue weighted by Gasteiger charge is -2.34. The molecule has 0 aliphatic carbocycles. The van der Waals surface area contributed by atoms with E-state index in [1.165, 1.54) is 11.3 Å². The molecule has 1 aliphatic rings. The van der Waals surface area contributed by atoms with Crippen molar-refractivity contribution < 1.29 is 9.53 Å². The number of rotatable bonds is 2. The van der Waals surface area contributed by atoms with Gasteiger partial charge in [0, 0.05) is 30.6 Å². The number of ether oxygens (including phenoxy) is 1. The van der Waals surface area contributed by atoms with Crippen LogP contribution >= 0.6 is 11.3 Å². The number of carbonyl (C=O) groups excluding carboxylic acids is 1. The molecule has 17 heavy (non-hydrogen) atoms. The smallest absolute Gasteiger partial charge is 0.264 e. The van der Waals surface area contributed by atoms with Crippen LogP contribution in [0.5, 0.6) is 5.75 Å². The summed E-state index contributed by atoms with van der Waals surface area (Å²) in [4.78, 5) is 14.8. The van der Waals surface area contributed by atoms with Gasteiger partial charge in [0.25, 0.3) is 5.91 Å². The highest BCUT2D eigenvalue weighted by Crippen LogP contribution is 2.24. The van der Waals surface area contributed by atoms with E-state index in [0.717, 1.165) is 30.1 Å². The van der Waals surface area contributed by atoms with Crippen molar-refractivity contribution in [3.63, 3.8) is 0 Å². The zero-order valence-corrected chi connectivity index (χ0v) is 11.0. The van der Waals surface area contributed by atoms with Gasteiger partial charge in [0.05, 0.1) is 12.0 Å². The zero-order chi connectivity index (χ0) is 12.4. The van der Waals surface area contributed by atoms with Gasteiger partial charge in [-0.05, 0) is 12.3 Å². The van der Waals surface area contributed by atoms with Gasteiger partial charge in [0.1, 0.15) is 5.75 Å². The van der Waals surface area contributed by atoms with Crippen LogP contribution in [0.25, 0.3) is 0 Å². The zero-order valence-electron chi connectivity index (χ0n) is 10.2. The molecule has 0 aromatic carbocycles. The van der Waals surface area contributed by atoms with Crippen molar-refractivity contribution in [2.24, 2.45) is 11.7 Å². The van der Waals surface area contributed by atoms with Gasteiger partial charge in [-0.2, -0.15) is 0 Å². The van der Waals surface area contributed by atoms with E-state index in [0.29, 0.717) is 5.92 Å². The molecule has 0 saturated carbocycles. The molecule has 0 radical (unpaired) electrons. The summed E-state index contributed by atoms with van der Waals surface area (Å²) in [5.41, 5.74) is 5.95. The maximum atomic E-state index is 12.2. The number of methoxy groups -OCH3 is 1. The number of nitrogens with zero attached hydrogens (tertiary/aromatic N) is 1. The molecule has 1 amide bonds. The highest BCUT2D eigenvalue weighted by Gasteiger charge is 2.27. The third kappa shape index (κ3) is 2.61. The van der Waals surface area contributed by atoms with Crippen molar-refractivity contribution in [1.82, 2.24) is 4.90 Å². The number of amides is 1. The molecule has 1 aromatic heterocycles. The Balaban J connectivity index is 2.05. The topological polar surface area (TPSA) is 55.6 Å². The van der Waals surface area contributed by atoms with E-state index in [2.05, 4.69) is 6.92 Å². The molecule has 0 spiro atoms. The van der Waals surface area contributed by atoms with Gasteiger partial charge in [0.15, 0.2) is 0 Å². The van der Waals surface area contributed by atoms with Crippen LogP contribution < -0.4 is 10.5 Å². The second-order valence-corrected chi connectivity index (χ2v) is 5.44. The van der Waals surface area contributed by atoms with Crippen LogP contribution in [0.3, 0.4) is 0 Å². The van der Waals surface area contributed by atoms with Gasteiger partial charge < -0.3 is 15.4 Å². The Morgan fingerprint density at radius 2 is 2.41 bits per heavy atom. The number of hydrogen-bond acceptors (Lipinski definition) is 4. The third-order valence-corrected chi connectivity index (χ3v) is 4.18. The third-order valence-electron chi connectivity index (χ3n) is 3.28. The van der Waals surface area contributed by atoms with E-state index in [1.54, 1.807) is 13.2 Å². The van der Waals surface area contributed by atoms with Crippen LogP contribution in [0.4, 0.5) is 0 Å². The number of thiophene rings is 1. The quantitative estimate of drug-likeness (QED) is 0.871. The Bertz CT molecular complexity index is 405. The fourth-order valence-electron chi connectivity index (χ4n) is 2.04. The second kappa shape index (κ2) is 5.06. The van der Waals surface area contributed by atoms with Crippen molar-refractivity contribution in [3.05, 3.63) is 16.3 Å². The monoisotopic (exact) mass is 254 g/mol. The fourth-order valence-corrected chi connectivity index (χ4v) is 2.86. The first-order valence-corrected chi connectivity index (χ1v) is 6.67. The van der Waals surface area contributed by atoms with Crippen molar-refractivity contribution >= 4 is 17.2 Å². The van der Waals surface area contributed by atoms with Crippen LogP contribution in [0.1, 0.15) is 23.0 Å². The van der Waals surface area contributed by atoms with E-state index < -0.39 is 0 Å². The highest BCUT2D eigenvalue weighted by atomic mass is 32.1. The molecule has 2 N–H and O–H groups in total. The summed E-state index contributed by atoms with van der Waals surface area (Å²) in [5.74, 6) is 1.21. The Kier molecular flexibility index (Phi) is 3.69. The molecule has 1 aromatic rings. The normalized spacial score (nSPS) is 24.8. The molecule has 94 valence electrons. The first-order valence-electron chi connectivity index (χ1n) is 5.79. The molecule has 2 unspecified atom stereocenters. The summed E-state index contributed by atoms with van der Waals surface area (Å²) in [6.45, 7) is 3.60. The van der Waals surface area contributed by atoms with E-state index in [-0.39, 0.29) is 11.9 Å². The Labute approximate surface area is 105 Å². The number of hydrogen-bond donors (Lipinski definition) is 1. The van der Waals surface area contributed by atoms with Crippen LogP contribution in [-0.2, 0) is 0 Å². The van der Waals surface area contributed by atoms with E-state index in [1.807, 2.05) is 10.3 Å². The molecular weight excluding hydrogens is 236 g/mol. The van der Waals surface area contributed by atoms with Gasteiger partial charge in [-0.3, -0.25) is 4.79 Å². The summed E-state index contributed by atoms with van der Waals surface area (Å²) in [6.07, 6.45) is 0.884. The molecule has 2 heterocycles. The lowest BCUT2D eigenvalue weighted by atomic mass is 9.95. The second-order valence-electron chi connectivity index (χ2n) is 4.53. The predicted octanol–water partition coefficient (Wildman–Crippen LogP) is 1.57. The maximum absolute atomic E-state index is 12.2. The summed E-state index contributed by atoms with van der Waals surface area (Å²) >= 11 is 1.43. The van der Waals surface area contributed by atoms with Crippen LogP contribution in [-0.4, -0.2) is 37.0 Å². The minimum absolute atomic E-state index is 0.0945. The van der Waals surface area contributed by atoms with Crippen molar-refractivity contribution in [3.8, 4) is 5.75 Å². The summed E-state index contributed by atoms with van der Waals surface area (Å²) in [6, 6.07) is 2.02. The van der Waals surface area contributed by atoms with Gasteiger partial charge in [-0.25, -0.2) is 0 Å². The van der Waals surface area contributed by atoms with E-state index in [9.17, 15) is 4.79 Å². The summed E-state index contributed by atoms with van der Waals surface area (Å²) in [7, 11) is 1.61. The largest absolute Gasteiger partial charge is 0.496 e. The van der Waals surface area contributed by atoms with E-state index >= 15 is 0 Å². The summed E-state index contributed by atoms with van der Waals surface area (Å²) in [5, 5.41) is 1.85. The highest BCUT2D eigenvalue weighted by molar-refractivity contribution is 7.12. The van der Waals surface area contributed by atoms with E-state index in [4.69, 9.17) is 10.5 Å². The predicted molar refractivity (Wildman–Crippen MR) is 68.5 cm³/mol. The molecule has 2 atom stereocenters. The van der Waals surface area contributed by atoms with Gasteiger partial charge in [-0.1, -0.05) is 6.92 Å². The number of nitrogens with two attached hydrogens (primary N) is 1. The first kappa shape index (κ1) is 12.4. The van der Waals surface area contributed by atoms with Gasteiger partial charge in [-0.15, -0.1) is 11.3 Å². The molecule has 0 bridgehead atoms. The average molecular weight is 254 g/mol. The van der Waals surface area contributed by atoms with Gasteiger partial charge in [0.2, 0.25) is 0 Å². The average Bonchev–Trinajstić information content (AvgIpc) is 2.80. The molecule has 5 heteroatoms. The Hall–Kier alpha value is -1.07. The number of carbonyl (C=O) groups is 1. The SMILES string of the molecule is COc1csc(C(=O)N2CCC(N)C(C)C2)c1. The fraction of sp³-hybridized carbons (Fsp3) is 0.583. The summed E-state index contributed by atoms with van der Waals surface area (Å²) < 4.78 is 5.09.